The minimum absolute atomic E-state index is 0.516. The van der Waals surface area contributed by atoms with E-state index < -0.39 is 0 Å². The lowest BCUT2D eigenvalue weighted by atomic mass is 10.5. The molecule has 3 nitrogen and oxygen atoms in total. The van der Waals surface area contributed by atoms with Crippen molar-refractivity contribution in [2.45, 2.75) is 33.7 Å². The molecule has 0 fully saturated rings. The van der Waals surface area contributed by atoms with Gasteiger partial charge < -0.3 is 4.57 Å². The molecule has 1 rings (SSSR count). The molecule has 1 aromatic heterocycles. The first-order valence-corrected chi connectivity index (χ1v) is 4.34. The first kappa shape index (κ1) is 10.9. The average Bonchev–Trinajstić information content (AvgIpc) is 2.56. The Morgan fingerprint density at radius 3 is 2.75 bits per heavy atom. The zero-order valence-electron chi connectivity index (χ0n) is 7.95. The number of imidazole rings is 1. The van der Waals surface area contributed by atoms with E-state index in [1.165, 1.54) is 0 Å². The first-order valence-electron chi connectivity index (χ1n) is 4.34. The van der Waals surface area contributed by atoms with Crippen LogP contribution in [0.25, 0.3) is 0 Å². The summed E-state index contributed by atoms with van der Waals surface area (Å²) in [5.41, 5.74) is 0. The molecule has 0 unspecified atom stereocenters. The predicted octanol–water partition coefficient (Wildman–Crippen LogP) is 2.13. The number of aryl methyl sites for hydroxylation is 1. The number of nitrogens with zero attached hydrogens (tertiary/aromatic N) is 2. The van der Waals surface area contributed by atoms with Crippen LogP contribution < -0.4 is 0 Å². The maximum Gasteiger partial charge on any atom is 0.185 e. The van der Waals surface area contributed by atoms with Crippen LogP contribution >= 0.6 is 0 Å². The van der Waals surface area contributed by atoms with Crippen LogP contribution in [-0.4, -0.2) is 15.8 Å². The van der Waals surface area contributed by atoms with Gasteiger partial charge in [-0.05, 0) is 6.42 Å². The van der Waals surface area contributed by atoms with E-state index in [1.54, 1.807) is 6.20 Å². The van der Waals surface area contributed by atoms with Gasteiger partial charge in [-0.25, -0.2) is 4.98 Å². The van der Waals surface area contributed by atoms with Crippen LogP contribution in [0.3, 0.4) is 0 Å². The standard InChI is InChI=1S/C7H10N2O.C2H6/c1-2-4-9-5-3-8-7(9)6-10;1-2/h3,5-6H,2,4H2,1H3;1-2H3. The van der Waals surface area contributed by atoms with Crippen molar-refractivity contribution in [3.05, 3.63) is 18.2 Å². The van der Waals surface area contributed by atoms with Crippen molar-refractivity contribution in [2.24, 2.45) is 0 Å². The molecule has 68 valence electrons. The molecule has 0 aliphatic rings. The van der Waals surface area contributed by atoms with Gasteiger partial charge in [0.15, 0.2) is 12.1 Å². The van der Waals surface area contributed by atoms with Crippen LogP contribution in [0.4, 0.5) is 0 Å². The topological polar surface area (TPSA) is 34.9 Å². The van der Waals surface area contributed by atoms with Gasteiger partial charge in [0.2, 0.25) is 0 Å². The van der Waals surface area contributed by atoms with Crippen molar-refractivity contribution in [3.8, 4) is 0 Å². The third-order valence-corrected chi connectivity index (χ3v) is 1.32. The number of carbonyl (C=O) groups is 1. The Bertz CT molecular complexity index is 218. The zero-order valence-corrected chi connectivity index (χ0v) is 7.95. The summed E-state index contributed by atoms with van der Waals surface area (Å²) in [6.45, 7) is 6.93. The van der Waals surface area contributed by atoms with Gasteiger partial charge in [0.05, 0.1) is 0 Å². The van der Waals surface area contributed by atoms with Gasteiger partial charge in [0.25, 0.3) is 0 Å². The van der Waals surface area contributed by atoms with Gasteiger partial charge in [0.1, 0.15) is 0 Å². The van der Waals surface area contributed by atoms with Gasteiger partial charge in [-0.1, -0.05) is 20.8 Å². The fourth-order valence-electron chi connectivity index (χ4n) is 0.869. The second kappa shape index (κ2) is 6.58. The highest BCUT2D eigenvalue weighted by molar-refractivity contribution is 5.69. The Morgan fingerprint density at radius 1 is 1.58 bits per heavy atom. The highest BCUT2D eigenvalue weighted by atomic mass is 16.1. The molecule has 1 aromatic rings. The molecule has 12 heavy (non-hydrogen) atoms. The molecular weight excluding hydrogens is 152 g/mol. The molecule has 0 radical (unpaired) electrons. The van der Waals surface area contributed by atoms with Gasteiger partial charge in [-0.15, -0.1) is 0 Å². The van der Waals surface area contributed by atoms with E-state index >= 15 is 0 Å². The second-order valence-electron chi connectivity index (χ2n) is 2.10. The SMILES string of the molecule is CC.CCCn1ccnc1C=O. The van der Waals surface area contributed by atoms with Crippen molar-refractivity contribution in [2.75, 3.05) is 0 Å². The first-order chi connectivity index (χ1) is 5.88. The minimum atomic E-state index is 0.516. The largest absolute Gasteiger partial charge is 0.329 e. The molecule has 0 saturated carbocycles. The van der Waals surface area contributed by atoms with Crippen LogP contribution in [-0.2, 0) is 6.54 Å². The Hall–Kier alpha value is -1.12. The van der Waals surface area contributed by atoms with E-state index in [4.69, 9.17) is 0 Å². The zero-order chi connectivity index (χ0) is 9.40. The van der Waals surface area contributed by atoms with Crippen molar-refractivity contribution in [1.82, 2.24) is 9.55 Å². The molecule has 0 aliphatic heterocycles. The second-order valence-corrected chi connectivity index (χ2v) is 2.10. The van der Waals surface area contributed by atoms with E-state index in [0.29, 0.717) is 5.82 Å². The number of hydrogen-bond acceptors (Lipinski definition) is 2. The molecule has 0 aromatic carbocycles. The lowest BCUT2D eigenvalue weighted by Gasteiger charge is -1.98. The fourth-order valence-corrected chi connectivity index (χ4v) is 0.869. The summed E-state index contributed by atoms with van der Waals surface area (Å²) in [6, 6.07) is 0. The molecular formula is C9H16N2O. The van der Waals surface area contributed by atoms with Crippen LogP contribution in [0.5, 0.6) is 0 Å². The number of aldehydes is 1. The molecule has 0 atom stereocenters. The number of aromatic nitrogens is 2. The summed E-state index contributed by atoms with van der Waals surface area (Å²) < 4.78 is 1.84. The van der Waals surface area contributed by atoms with Crippen LogP contribution in [0.15, 0.2) is 12.4 Å². The highest BCUT2D eigenvalue weighted by Gasteiger charge is 1.96. The van der Waals surface area contributed by atoms with E-state index in [1.807, 2.05) is 24.6 Å². The lowest BCUT2D eigenvalue weighted by molar-refractivity contribution is 0.111. The summed E-state index contributed by atoms with van der Waals surface area (Å²) in [5.74, 6) is 0.516. The third-order valence-electron chi connectivity index (χ3n) is 1.32. The highest BCUT2D eigenvalue weighted by Crippen LogP contribution is 1.94. The number of hydrogen-bond donors (Lipinski definition) is 0. The Balaban J connectivity index is 0.000000561. The molecule has 3 heteroatoms. The van der Waals surface area contributed by atoms with Gasteiger partial charge in [-0.2, -0.15) is 0 Å². The molecule has 0 bridgehead atoms. The van der Waals surface area contributed by atoms with E-state index in [-0.39, 0.29) is 0 Å². The summed E-state index contributed by atoms with van der Waals surface area (Å²) in [4.78, 5) is 14.1. The normalized spacial score (nSPS) is 8.58. The maximum atomic E-state index is 10.3. The summed E-state index contributed by atoms with van der Waals surface area (Å²) >= 11 is 0. The smallest absolute Gasteiger partial charge is 0.185 e. The summed E-state index contributed by atoms with van der Waals surface area (Å²) in [7, 11) is 0. The molecule has 0 N–H and O–H groups in total. The molecule has 0 spiro atoms. The maximum absolute atomic E-state index is 10.3. The van der Waals surface area contributed by atoms with Crippen molar-refractivity contribution in [1.29, 1.82) is 0 Å². The van der Waals surface area contributed by atoms with Crippen LogP contribution in [0, 0.1) is 0 Å². The van der Waals surface area contributed by atoms with E-state index in [9.17, 15) is 4.79 Å². The number of rotatable bonds is 3. The monoisotopic (exact) mass is 168 g/mol. The predicted molar refractivity (Wildman–Crippen MR) is 49.3 cm³/mol. The molecule has 1 heterocycles. The molecule has 0 amide bonds. The minimum Gasteiger partial charge on any atom is -0.329 e. The van der Waals surface area contributed by atoms with Crippen LogP contribution in [0.2, 0.25) is 0 Å². The number of carbonyl (C=O) groups excluding carboxylic acids is 1. The van der Waals surface area contributed by atoms with Crippen molar-refractivity contribution >= 4 is 6.29 Å². The average molecular weight is 168 g/mol. The quantitative estimate of drug-likeness (QED) is 0.648. The Labute approximate surface area is 73.4 Å². The Kier molecular flexibility index (Phi) is 5.97. The molecule has 0 aliphatic carbocycles. The van der Waals surface area contributed by atoms with Gasteiger partial charge >= 0.3 is 0 Å². The Morgan fingerprint density at radius 2 is 2.25 bits per heavy atom. The van der Waals surface area contributed by atoms with Crippen LogP contribution in [0.1, 0.15) is 37.8 Å². The van der Waals surface area contributed by atoms with Gasteiger partial charge in [-0.3, -0.25) is 4.79 Å². The summed E-state index contributed by atoms with van der Waals surface area (Å²) in [6.07, 6.45) is 5.25. The lowest BCUT2D eigenvalue weighted by Crippen LogP contribution is -2.00. The summed E-state index contributed by atoms with van der Waals surface area (Å²) in [5, 5.41) is 0. The van der Waals surface area contributed by atoms with Gasteiger partial charge in [0, 0.05) is 18.9 Å². The third kappa shape index (κ3) is 2.86. The van der Waals surface area contributed by atoms with Crippen molar-refractivity contribution < 1.29 is 4.79 Å². The van der Waals surface area contributed by atoms with E-state index in [2.05, 4.69) is 11.9 Å². The molecule has 0 saturated heterocycles. The van der Waals surface area contributed by atoms with Crippen molar-refractivity contribution in [3.63, 3.8) is 0 Å². The van der Waals surface area contributed by atoms with E-state index in [0.717, 1.165) is 19.3 Å². The fraction of sp³-hybridized carbons (Fsp3) is 0.556.